The van der Waals surface area contributed by atoms with E-state index in [0.29, 0.717) is 11.7 Å². The van der Waals surface area contributed by atoms with Gasteiger partial charge in [-0.15, -0.1) is 0 Å². The quantitative estimate of drug-likeness (QED) is 0.354. The average molecular weight is 422 g/mol. The van der Waals surface area contributed by atoms with Gasteiger partial charge in [0, 0.05) is 24.0 Å². The maximum absolute atomic E-state index is 13.9. The highest BCUT2D eigenvalue weighted by Gasteiger charge is 2.22. The molecule has 1 saturated carbocycles. The Morgan fingerprint density at radius 1 is 1.26 bits per heavy atom. The largest absolute Gasteiger partial charge is 0.494 e. The predicted octanol–water partition coefficient (Wildman–Crippen LogP) is 6.65. The van der Waals surface area contributed by atoms with Crippen molar-refractivity contribution in [1.29, 1.82) is 0 Å². The van der Waals surface area contributed by atoms with Crippen LogP contribution in [-0.2, 0) is 0 Å². The van der Waals surface area contributed by atoms with Crippen LogP contribution in [0.25, 0.3) is 0 Å². The molecule has 0 aliphatic heterocycles. The number of hydrogen-bond donors (Lipinski definition) is 0. The van der Waals surface area contributed by atoms with Gasteiger partial charge in [0.05, 0.1) is 12.8 Å². The minimum atomic E-state index is -0.344. The first-order chi connectivity index (χ1) is 15.0. The molecule has 0 N–H and O–H groups in total. The maximum Gasteiger partial charge on any atom is 0.173 e. The SMILES string of the molecule is C=C/C(CC(C)c1ccc(F)c(OC)c1)=C(\N=C(C)c1ncccn1)C1CCCCC1. The molecule has 1 unspecified atom stereocenters. The Kier molecular flexibility index (Phi) is 8.10. The van der Waals surface area contributed by atoms with Crippen molar-refractivity contribution in [2.75, 3.05) is 7.11 Å². The fourth-order valence-corrected chi connectivity index (χ4v) is 4.24. The molecule has 0 radical (unpaired) electrons. The summed E-state index contributed by atoms with van der Waals surface area (Å²) in [5.74, 6) is 1.16. The highest BCUT2D eigenvalue weighted by atomic mass is 19.1. The van der Waals surface area contributed by atoms with Gasteiger partial charge < -0.3 is 4.74 Å². The molecule has 4 nitrogen and oxygen atoms in total. The van der Waals surface area contributed by atoms with Gasteiger partial charge in [0.2, 0.25) is 0 Å². The van der Waals surface area contributed by atoms with Crippen LogP contribution in [-0.4, -0.2) is 22.8 Å². The van der Waals surface area contributed by atoms with Crippen molar-refractivity contribution < 1.29 is 9.13 Å². The summed E-state index contributed by atoms with van der Waals surface area (Å²) in [7, 11) is 1.49. The summed E-state index contributed by atoms with van der Waals surface area (Å²) < 4.78 is 19.0. The first kappa shape index (κ1) is 22.9. The fourth-order valence-electron chi connectivity index (χ4n) is 4.24. The van der Waals surface area contributed by atoms with E-state index in [0.717, 1.165) is 41.8 Å². The van der Waals surface area contributed by atoms with Crippen LogP contribution in [0.15, 0.2) is 65.6 Å². The lowest BCUT2D eigenvalue weighted by atomic mass is 9.83. The fraction of sp³-hybridized carbons (Fsp3) is 0.423. The molecule has 2 aromatic rings. The topological polar surface area (TPSA) is 47.4 Å². The summed E-state index contributed by atoms with van der Waals surface area (Å²) in [6, 6.07) is 6.89. The standard InChI is InChI=1S/C26H32FN3O/c1-5-20(16-18(2)22-12-13-23(27)24(17-22)31-4)25(21-10-7-6-8-11-21)30-19(3)26-28-14-9-15-29-26/h5,9,12-15,17-18,21H,1,6-8,10-11,16H2,2-4H3/b25-20+,30-19?. The molecule has 5 heteroatoms. The van der Waals surface area contributed by atoms with Crippen molar-refractivity contribution in [2.24, 2.45) is 10.9 Å². The van der Waals surface area contributed by atoms with Gasteiger partial charge >= 0.3 is 0 Å². The Bertz CT molecular complexity index is 946. The van der Waals surface area contributed by atoms with Crippen molar-refractivity contribution in [3.05, 3.63) is 77.8 Å². The summed E-state index contributed by atoms with van der Waals surface area (Å²) in [5, 5.41) is 0. The third-order valence-electron chi connectivity index (χ3n) is 6.02. The molecule has 31 heavy (non-hydrogen) atoms. The van der Waals surface area contributed by atoms with Gasteiger partial charge in [0.1, 0.15) is 0 Å². The second-order valence-corrected chi connectivity index (χ2v) is 8.22. The van der Waals surface area contributed by atoms with E-state index in [1.807, 2.05) is 25.1 Å². The molecule has 1 aromatic heterocycles. The van der Waals surface area contributed by atoms with E-state index in [2.05, 4.69) is 23.5 Å². The summed E-state index contributed by atoms with van der Waals surface area (Å²) in [6.07, 6.45) is 12.2. The van der Waals surface area contributed by atoms with Gasteiger partial charge in [-0.2, -0.15) is 0 Å². The molecule has 0 saturated heterocycles. The number of methoxy groups -OCH3 is 1. The monoisotopic (exact) mass is 421 g/mol. The molecule has 1 fully saturated rings. The molecule has 0 amide bonds. The molecule has 1 aliphatic rings. The molecule has 0 bridgehead atoms. The minimum absolute atomic E-state index is 0.171. The lowest BCUT2D eigenvalue weighted by Crippen LogP contribution is -2.13. The molecule has 164 valence electrons. The Hall–Kier alpha value is -2.82. The zero-order chi connectivity index (χ0) is 22.2. The Morgan fingerprint density at radius 2 is 1.97 bits per heavy atom. The van der Waals surface area contributed by atoms with Gasteiger partial charge in [0.15, 0.2) is 17.4 Å². The Labute approximate surface area is 185 Å². The molecule has 0 spiro atoms. The number of aliphatic imine (C=N–C) groups is 1. The Balaban J connectivity index is 1.96. The third kappa shape index (κ3) is 5.87. The van der Waals surface area contributed by atoms with Crippen LogP contribution in [0.2, 0.25) is 0 Å². The van der Waals surface area contributed by atoms with E-state index >= 15 is 0 Å². The molecule has 1 aromatic carbocycles. The van der Waals surface area contributed by atoms with Crippen LogP contribution in [0.5, 0.6) is 5.75 Å². The first-order valence-electron chi connectivity index (χ1n) is 11.0. The second kappa shape index (κ2) is 11.0. The number of hydrogen-bond acceptors (Lipinski definition) is 4. The van der Waals surface area contributed by atoms with Crippen molar-refractivity contribution in [2.45, 2.75) is 58.3 Å². The van der Waals surface area contributed by atoms with E-state index in [1.54, 1.807) is 18.5 Å². The number of halogens is 1. The number of aromatic nitrogens is 2. The van der Waals surface area contributed by atoms with E-state index in [-0.39, 0.29) is 17.5 Å². The number of benzene rings is 1. The van der Waals surface area contributed by atoms with Crippen LogP contribution in [0.3, 0.4) is 0 Å². The number of nitrogens with zero attached hydrogens (tertiary/aromatic N) is 3. The predicted molar refractivity (Wildman–Crippen MR) is 124 cm³/mol. The van der Waals surface area contributed by atoms with Crippen LogP contribution in [0, 0.1) is 11.7 Å². The third-order valence-corrected chi connectivity index (χ3v) is 6.02. The van der Waals surface area contributed by atoms with Crippen LogP contribution < -0.4 is 4.74 Å². The van der Waals surface area contributed by atoms with Crippen molar-refractivity contribution in [3.63, 3.8) is 0 Å². The molecular formula is C26H32FN3O. The van der Waals surface area contributed by atoms with Gasteiger partial charge in [-0.1, -0.05) is 44.9 Å². The zero-order valence-electron chi connectivity index (χ0n) is 18.8. The number of allylic oxidation sites excluding steroid dienone is 3. The number of ether oxygens (including phenoxy) is 1. The lowest BCUT2D eigenvalue weighted by molar-refractivity contribution is 0.385. The molecule has 1 heterocycles. The average Bonchev–Trinajstić information content (AvgIpc) is 2.82. The Morgan fingerprint density at radius 3 is 2.61 bits per heavy atom. The van der Waals surface area contributed by atoms with Gasteiger partial charge in [0.25, 0.3) is 0 Å². The lowest BCUT2D eigenvalue weighted by Gasteiger charge is -2.25. The van der Waals surface area contributed by atoms with Gasteiger partial charge in [-0.3, -0.25) is 4.99 Å². The first-order valence-corrected chi connectivity index (χ1v) is 11.0. The summed E-state index contributed by atoms with van der Waals surface area (Å²) in [4.78, 5) is 13.8. The van der Waals surface area contributed by atoms with E-state index in [9.17, 15) is 4.39 Å². The maximum atomic E-state index is 13.9. The highest BCUT2D eigenvalue weighted by Crippen LogP contribution is 2.36. The van der Waals surface area contributed by atoms with Gasteiger partial charge in [-0.25, -0.2) is 14.4 Å². The minimum Gasteiger partial charge on any atom is -0.494 e. The van der Waals surface area contributed by atoms with Crippen molar-refractivity contribution in [3.8, 4) is 5.75 Å². The highest BCUT2D eigenvalue weighted by molar-refractivity contribution is 5.95. The second-order valence-electron chi connectivity index (χ2n) is 8.22. The van der Waals surface area contributed by atoms with Crippen LogP contribution in [0.4, 0.5) is 4.39 Å². The summed E-state index contributed by atoms with van der Waals surface area (Å²) in [5.41, 5.74) is 4.09. The van der Waals surface area contributed by atoms with Crippen LogP contribution >= 0.6 is 0 Å². The molecule has 1 atom stereocenters. The summed E-state index contributed by atoms with van der Waals surface area (Å²) >= 11 is 0. The van der Waals surface area contributed by atoms with E-state index in [1.165, 1.54) is 32.4 Å². The molecule has 1 aliphatic carbocycles. The molecular weight excluding hydrogens is 389 g/mol. The van der Waals surface area contributed by atoms with Gasteiger partial charge in [-0.05, 0) is 61.4 Å². The zero-order valence-corrected chi connectivity index (χ0v) is 18.8. The molecule has 3 rings (SSSR count). The number of rotatable bonds is 8. The van der Waals surface area contributed by atoms with Crippen molar-refractivity contribution in [1.82, 2.24) is 9.97 Å². The normalized spacial score (nSPS) is 17.1. The summed E-state index contributed by atoms with van der Waals surface area (Å²) in [6.45, 7) is 8.22. The van der Waals surface area contributed by atoms with E-state index in [4.69, 9.17) is 9.73 Å². The smallest absolute Gasteiger partial charge is 0.173 e. The van der Waals surface area contributed by atoms with Crippen LogP contribution in [0.1, 0.15) is 69.7 Å². The van der Waals surface area contributed by atoms with Crippen molar-refractivity contribution >= 4 is 5.71 Å². The van der Waals surface area contributed by atoms with E-state index < -0.39 is 0 Å².